The average Bonchev–Trinajstić information content (AvgIpc) is 3.43. The van der Waals surface area contributed by atoms with Crippen LogP contribution in [0.4, 0.5) is 0 Å². The minimum absolute atomic E-state index is 0.177. The number of rotatable bonds is 8. The quantitative estimate of drug-likeness (QED) is 0.677. The topological polar surface area (TPSA) is 64.0 Å². The number of aliphatic hydroxyl groups excluding tert-OH is 2. The molecular weight excluding hydrogens is 396 g/mol. The summed E-state index contributed by atoms with van der Waals surface area (Å²) in [6, 6.07) is 16.4. The molecule has 4 rings (SSSR count). The molecule has 0 radical (unpaired) electrons. The molecule has 2 aliphatic heterocycles. The summed E-state index contributed by atoms with van der Waals surface area (Å²) in [5.41, 5.74) is 2.14. The van der Waals surface area contributed by atoms with E-state index in [1.54, 1.807) is 0 Å². The molecular formula is C24H32N2O3S. The van der Waals surface area contributed by atoms with Crippen LogP contribution in [0.25, 0.3) is 0 Å². The van der Waals surface area contributed by atoms with Gasteiger partial charge in [-0.05, 0) is 62.0 Å². The highest BCUT2D eigenvalue weighted by Gasteiger charge is 2.27. The molecule has 2 heterocycles. The van der Waals surface area contributed by atoms with Crippen molar-refractivity contribution in [3.05, 3.63) is 59.7 Å². The average molecular weight is 429 g/mol. The first kappa shape index (κ1) is 21.7. The van der Waals surface area contributed by atoms with E-state index in [2.05, 4.69) is 21.9 Å². The van der Waals surface area contributed by atoms with Crippen molar-refractivity contribution in [2.45, 2.75) is 60.6 Å². The second-order valence-corrected chi connectivity index (χ2v) is 9.80. The van der Waals surface area contributed by atoms with E-state index in [0.29, 0.717) is 13.1 Å². The van der Waals surface area contributed by atoms with Crippen LogP contribution in [0.1, 0.15) is 36.8 Å². The lowest BCUT2D eigenvalue weighted by Crippen LogP contribution is -2.32. The van der Waals surface area contributed by atoms with Gasteiger partial charge in [0.25, 0.3) is 0 Å². The molecule has 0 bridgehead atoms. The molecule has 2 N–H and O–H groups in total. The molecule has 2 aromatic carbocycles. The van der Waals surface area contributed by atoms with Crippen molar-refractivity contribution in [2.75, 3.05) is 26.3 Å². The standard InChI is InChI=1S/C24H32N2O3S/c27-17-21-9-5-13-25(21)15-19-7-1-3-11-23(19)30(29)24-12-4-2-8-20(24)16-26-14-6-10-22(26)18-28/h1-4,7-8,11-12,21-22,27-28H,5-6,9-10,13-18H2/t21-,22-/m1/s1. The lowest BCUT2D eigenvalue weighted by Gasteiger charge is -2.25. The van der Waals surface area contributed by atoms with Gasteiger partial charge in [0.1, 0.15) is 0 Å². The van der Waals surface area contributed by atoms with Crippen molar-refractivity contribution in [3.63, 3.8) is 0 Å². The molecule has 0 aliphatic carbocycles. The zero-order valence-corrected chi connectivity index (χ0v) is 18.3. The van der Waals surface area contributed by atoms with Crippen molar-refractivity contribution < 1.29 is 14.4 Å². The zero-order valence-electron chi connectivity index (χ0n) is 17.4. The van der Waals surface area contributed by atoms with Crippen LogP contribution in [0.5, 0.6) is 0 Å². The largest absolute Gasteiger partial charge is 0.395 e. The summed E-state index contributed by atoms with van der Waals surface area (Å²) in [5.74, 6) is 0. The summed E-state index contributed by atoms with van der Waals surface area (Å²) >= 11 is 0. The number of likely N-dealkylation sites (tertiary alicyclic amines) is 2. The molecule has 30 heavy (non-hydrogen) atoms. The smallest absolute Gasteiger partial charge is 0.0856 e. The molecule has 2 saturated heterocycles. The van der Waals surface area contributed by atoms with E-state index < -0.39 is 10.8 Å². The summed E-state index contributed by atoms with van der Waals surface area (Å²) in [6.45, 7) is 3.73. The highest BCUT2D eigenvalue weighted by molar-refractivity contribution is 7.85. The lowest BCUT2D eigenvalue weighted by atomic mass is 10.2. The first-order valence-electron chi connectivity index (χ1n) is 11.0. The van der Waals surface area contributed by atoms with E-state index >= 15 is 0 Å². The van der Waals surface area contributed by atoms with Gasteiger partial charge in [0.05, 0.1) is 24.0 Å². The van der Waals surface area contributed by atoms with Crippen LogP contribution in [0.3, 0.4) is 0 Å². The molecule has 162 valence electrons. The molecule has 5 nitrogen and oxygen atoms in total. The number of benzene rings is 2. The molecule has 2 atom stereocenters. The summed E-state index contributed by atoms with van der Waals surface area (Å²) in [5, 5.41) is 19.3. The SMILES string of the molecule is O=S(c1ccccc1CN1CCC[C@@H]1CO)c1ccccc1CN1CCC[C@@H]1CO. The van der Waals surface area contributed by atoms with E-state index in [-0.39, 0.29) is 25.3 Å². The predicted molar refractivity (Wildman–Crippen MR) is 119 cm³/mol. The van der Waals surface area contributed by atoms with Gasteiger partial charge in [0.2, 0.25) is 0 Å². The van der Waals surface area contributed by atoms with Gasteiger partial charge in [-0.25, -0.2) is 4.21 Å². The molecule has 0 saturated carbocycles. The van der Waals surface area contributed by atoms with Gasteiger partial charge in [0.15, 0.2) is 0 Å². The molecule has 2 aliphatic rings. The zero-order chi connectivity index (χ0) is 20.9. The Morgan fingerprint density at radius 1 is 0.767 bits per heavy atom. The van der Waals surface area contributed by atoms with E-state index in [9.17, 15) is 14.4 Å². The number of hydrogen-bond acceptors (Lipinski definition) is 5. The third-order valence-electron chi connectivity index (χ3n) is 6.51. The molecule has 2 aromatic rings. The normalized spacial score (nSPS) is 22.9. The van der Waals surface area contributed by atoms with Crippen molar-refractivity contribution in [1.82, 2.24) is 9.80 Å². The minimum Gasteiger partial charge on any atom is -0.395 e. The lowest BCUT2D eigenvalue weighted by molar-refractivity contribution is 0.153. The number of hydrogen-bond donors (Lipinski definition) is 2. The maximum absolute atomic E-state index is 13.7. The fraction of sp³-hybridized carbons (Fsp3) is 0.500. The van der Waals surface area contributed by atoms with Gasteiger partial charge in [-0.2, -0.15) is 0 Å². The molecule has 6 heteroatoms. The fourth-order valence-electron chi connectivity index (χ4n) is 4.81. The van der Waals surface area contributed by atoms with Crippen molar-refractivity contribution >= 4 is 10.8 Å². The van der Waals surface area contributed by atoms with Crippen LogP contribution < -0.4 is 0 Å². The van der Waals surface area contributed by atoms with Gasteiger partial charge < -0.3 is 10.2 Å². The Hall–Kier alpha value is -1.57. The molecule has 0 amide bonds. The van der Waals surface area contributed by atoms with Crippen molar-refractivity contribution in [1.29, 1.82) is 0 Å². The predicted octanol–water partition coefficient (Wildman–Crippen LogP) is 2.77. The van der Waals surface area contributed by atoms with Crippen LogP contribution in [-0.2, 0) is 23.9 Å². The molecule has 0 unspecified atom stereocenters. The van der Waals surface area contributed by atoms with Gasteiger partial charge in [-0.1, -0.05) is 36.4 Å². The Morgan fingerprint density at radius 3 is 1.63 bits per heavy atom. The Kier molecular flexibility index (Phi) is 7.33. The van der Waals surface area contributed by atoms with Crippen LogP contribution in [-0.4, -0.2) is 62.6 Å². The van der Waals surface area contributed by atoms with E-state index in [0.717, 1.165) is 59.7 Å². The van der Waals surface area contributed by atoms with E-state index in [4.69, 9.17) is 0 Å². The summed E-state index contributed by atoms with van der Waals surface area (Å²) in [7, 11) is -1.27. The van der Waals surface area contributed by atoms with Crippen LogP contribution in [0.15, 0.2) is 58.3 Å². The first-order valence-corrected chi connectivity index (χ1v) is 12.1. The summed E-state index contributed by atoms with van der Waals surface area (Å²) < 4.78 is 13.7. The number of aliphatic hydroxyl groups is 2. The van der Waals surface area contributed by atoms with Gasteiger partial charge >= 0.3 is 0 Å². The van der Waals surface area contributed by atoms with Crippen LogP contribution >= 0.6 is 0 Å². The van der Waals surface area contributed by atoms with Crippen LogP contribution in [0, 0.1) is 0 Å². The van der Waals surface area contributed by atoms with Crippen molar-refractivity contribution in [3.8, 4) is 0 Å². The first-order chi connectivity index (χ1) is 14.7. The van der Waals surface area contributed by atoms with E-state index in [1.165, 1.54) is 0 Å². The highest BCUT2D eigenvalue weighted by Crippen LogP contribution is 2.28. The molecule has 0 aromatic heterocycles. The second-order valence-electron chi connectivity index (χ2n) is 8.38. The number of nitrogens with zero attached hydrogens (tertiary/aromatic N) is 2. The molecule has 0 spiro atoms. The third kappa shape index (κ3) is 4.68. The van der Waals surface area contributed by atoms with Crippen molar-refractivity contribution in [2.24, 2.45) is 0 Å². The van der Waals surface area contributed by atoms with Gasteiger partial charge in [-0.3, -0.25) is 9.80 Å². The van der Waals surface area contributed by atoms with Gasteiger partial charge in [-0.15, -0.1) is 0 Å². The van der Waals surface area contributed by atoms with E-state index in [1.807, 2.05) is 36.4 Å². The second kappa shape index (κ2) is 10.2. The van der Waals surface area contributed by atoms with Crippen LogP contribution in [0.2, 0.25) is 0 Å². The summed E-state index contributed by atoms with van der Waals surface area (Å²) in [4.78, 5) is 6.32. The summed E-state index contributed by atoms with van der Waals surface area (Å²) in [6.07, 6.45) is 4.24. The third-order valence-corrected chi connectivity index (χ3v) is 8.11. The fourth-order valence-corrected chi connectivity index (χ4v) is 6.19. The monoisotopic (exact) mass is 428 g/mol. The minimum atomic E-state index is -1.27. The Labute approximate surface area is 181 Å². The highest BCUT2D eigenvalue weighted by atomic mass is 32.2. The van der Waals surface area contributed by atoms with Gasteiger partial charge in [0, 0.05) is 35.0 Å². The maximum atomic E-state index is 13.7. The maximum Gasteiger partial charge on any atom is 0.0856 e. The Bertz CT molecular complexity index is 806. The Balaban J connectivity index is 1.58. The molecule has 2 fully saturated rings. The Morgan fingerprint density at radius 2 is 1.20 bits per heavy atom.